The predicted molar refractivity (Wildman–Crippen MR) is 70.7 cm³/mol. The first kappa shape index (κ1) is 13.5. The van der Waals surface area contributed by atoms with Gasteiger partial charge in [-0.25, -0.2) is 0 Å². The highest BCUT2D eigenvalue weighted by Crippen LogP contribution is 2.34. The molecule has 0 N–H and O–H groups in total. The molecule has 0 spiro atoms. The van der Waals surface area contributed by atoms with E-state index < -0.39 is 0 Å². The standard InChI is InChI=1S/C13H13ClN2O3/c14-9-13(17)16(5-1-4-15)10-2-3-11-12(8-10)19-7-6-18-11/h2-3,8H,1,5-7,9H2. The van der Waals surface area contributed by atoms with Crippen LogP contribution in [-0.2, 0) is 4.79 Å². The summed E-state index contributed by atoms with van der Waals surface area (Å²) in [6, 6.07) is 7.26. The Morgan fingerprint density at radius 1 is 1.37 bits per heavy atom. The lowest BCUT2D eigenvalue weighted by atomic mass is 10.2. The van der Waals surface area contributed by atoms with Crippen LogP contribution in [0.25, 0.3) is 0 Å². The summed E-state index contributed by atoms with van der Waals surface area (Å²) in [5, 5.41) is 8.64. The van der Waals surface area contributed by atoms with E-state index in [9.17, 15) is 4.79 Å². The number of nitriles is 1. The van der Waals surface area contributed by atoms with E-state index in [0.717, 1.165) is 0 Å². The zero-order chi connectivity index (χ0) is 13.7. The van der Waals surface area contributed by atoms with Crippen LogP contribution in [0, 0.1) is 11.3 Å². The molecule has 0 fully saturated rings. The van der Waals surface area contributed by atoms with Gasteiger partial charge in [-0.1, -0.05) is 0 Å². The number of alkyl halides is 1. The molecule has 0 radical (unpaired) electrons. The van der Waals surface area contributed by atoms with Crippen LogP contribution in [0.5, 0.6) is 11.5 Å². The number of halogens is 1. The van der Waals surface area contributed by atoms with Crippen molar-refractivity contribution in [3.63, 3.8) is 0 Å². The fraction of sp³-hybridized carbons (Fsp3) is 0.385. The molecule has 0 saturated heterocycles. The van der Waals surface area contributed by atoms with Gasteiger partial charge in [0, 0.05) is 18.3 Å². The monoisotopic (exact) mass is 280 g/mol. The van der Waals surface area contributed by atoms with Crippen molar-refractivity contribution in [3.8, 4) is 17.6 Å². The minimum Gasteiger partial charge on any atom is -0.486 e. The van der Waals surface area contributed by atoms with E-state index in [2.05, 4.69) is 0 Å². The van der Waals surface area contributed by atoms with E-state index in [1.165, 1.54) is 4.90 Å². The van der Waals surface area contributed by atoms with E-state index in [1.807, 2.05) is 6.07 Å². The molecule has 2 rings (SSSR count). The SMILES string of the molecule is N#CCCN(C(=O)CCl)c1ccc2c(c1)OCCO2. The van der Waals surface area contributed by atoms with Crippen LogP contribution in [-0.4, -0.2) is 31.5 Å². The highest BCUT2D eigenvalue weighted by molar-refractivity contribution is 6.29. The van der Waals surface area contributed by atoms with Gasteiger partial charge in [-0.3, -0.25) is 4.79 Å². The molecule has 0 unspecified atom stereocenters. The van der Waals surface area contributed by atoms with Gasteiger partial charge >= 0.3 is 0 Å². The Kier molecular flexibility index (Phi) is 4.48. The maximum absolute atomic E-state index is 11.8. The molecule has 0 saturated carbocycles. The topological polar surface area (TPSA) is 62.6 Å². The lowest BCUT2D eigenvalue weighted by Gasteiger charge is -2.24. The number of rotatable bonds is 4. The zero-order valence-electron chi connectivity index (χ0n) is 10.3. The van der Waals surface area contributed by atoms with Crippen LogP contribution < -0.4 is 14.4 Å². The number of hydrogen-bond acceptors (Lipinski definition) is 4. The summed E-state index contributed by atoms with van der Waals surface area (Å²) in [6.45, 7) is 1.31. The highest BCUT2D eigenvalue weighted by Gasteiger charge is 2.18. The summed E-state index contributed by atoms with van der Waals surface area (Å²) >= 11 is 5.59. The fourth-order valence-electron chi connectivity index (χ4n) is 1.83. The summed E-state index contributed by atoms with van der Waals surface area (Å²) in [5.41, 5.74) is 0.658. The van der Waals surface area contributed by atoms with Crippen LogP contribution in [0.2, 0.25) is 0 Å². The Morgan fingerprint density at radius 3 is 2.79 bits per heavy atom. The molecule has 6 heteroatoms. The first-order valence-electron chi connectivity index (χ1n) is 5.89. The Bertz CT molecular complexity index is 513. The minimum atomic E-state index is -0.242. The number of benzene rings is 1. The van der Waals surface area contributed by atoms with Gasteiger partial charge < -0.3 is 14.4 Å². The molecule has 1 amide bonds. The van der Waals surface area contributed by atoms with Crippen molar-refractivity contribution in [1.29, 1.82) is 5.26 Å². The van der Waals surface area contributed by atoms with Gasteiger partial charge in [0.1, 0.15) is 19.1 Å². The normalized spacial score (nSPS) is 12.6. The predicted octanol–water partition coefficient (Wildman–Crippen LogP) is 1.94. The molecule has 1 aromatic rings. The van der Waals surface area contributed by atoms with Crippen molar-refractivity contribution in [2.75, 3.05) is 30.5 Å². The molecule has 1 aromatic carbocycles. The Morgan fingerprint density at radius 2 is 2.11 bits per heavy atom. The average Bonchev–Trinajstić information content (AvgIpc) is 2.47. The largest absolute Gasteiger partial charge is 0.486 e. The molecule has 0 aliphatic carbocycles. The van der Waals surface area contributed by atoms with E-state index >= 15 is 0 Å². The van der Waals surface area contributed by atoms with Crippen molar-refractivity contribution in [1.82, 2.24) is 0 Å². The van der Waals surface area contributed by atoms with Crippen molar-refractivity contribution < 1.29 is 14.3 Å². The van der Waals surface area contributed by atoms with Crippen molar-refractivity contribution in [3.05, 3.63) is 18.2 Å². The van der Waals surface area contributed by atoms with Gasteiger partial charge in [0.2, 0.25) is 5.91 Å². The zero-order valence-corrected chi connectivity index (χ0v) is 11.0. The quantitative estimate of drug-likeness (QED) is 0.791. The molecule has 1 aliphatic rings. The van der Waals surface area contributed by atoms with Crippen LogP contribution in [0.4, 0.5) is 5.69 Å². The van der Waals surface area contributed by atoms with Crippen molar-refractivity contribution in [2.24, 2.45) is 0 Å². The third-order valence-corrected chi connectivity index (χ3v) is 2.93. The number of ether oxygens (including phenoxy) is 2. The van der Waals surface area contributed by atoms with E-state index in [4.69, 9.17) is 26.3 Å². The lowest BCUT2D eigenvalue weighted by molar-refractivity contribution is -0.116. The molecular formula is C13H13ClN2O3. The fourth-order valence-corrected chi connectivity index (χ4v) is 1.98. The summed E-state index contributed by atoms with van der Waals surface area (Å²) in [7, 11) is 0. The Balaban J connectivity index is 2.26. The molecule has 100 valence electrons. The Labute approximate surface area is 116 Å². The maximum Gasteiger partial charge on any atom is 0.241 e. The second kappa shape index (κ2) is 6.30. The van der Waals surface area contributed by atoms with E-state index in [-0.39, 0.29) is 18.2 Å². The maximum atomic E-state index is 11.8. The number of hydrogen-bond donors (Lipinski definition) is 0. The lowest BCUT2D eigenvalue weighted by Crippen LogP contribution is -2.32. The van der Waals surface area contributed by atoms with Gasteiger partial charge in [0.15, 0.2) is 11.5 Å². The van der Waals surface area contributed by atoms with Gasteiger partial charge in [0.25, 0.3) is 0 Å². The summed E-state index contributed by atoms with van der Waals surface area (Å²) in [6.07, 6.45) is 0.247. The second-order valence-corrected chi connectivity index (χ2v) is 4.18. The number of carbonyl (C=O) groups is 1. The van der Waals surface area contributed by atoms with Gasteiger partial charge in [-0.05, 0) is 12.1 Å². The third-order valence-electron chi connectivity index (χ3n) is 2.70. The molecule has 19 heavy (non-hydrogen) atoms. The molecule has 1 heterocycles. The van der Waals surface area contributed by atoms with Crippen LogP contribution in [0.15, 0.2) is 18.2 Å². The van der Waals surface area contributed by atoms with E-state index in [1.54, 1.807) is 18.2 Å². The van der Waals surface area contributed by atoms with Crippen LogP contribution >= 0.6 is 11.6 Å². The van der Waals surface area contributed by atoms with Crippen LogP contribution in [0.3, 0.4) is 0 Å². The number of carbonyl (C=O) groups excluding carboxylic acids is 1. The molecular weight excluding hydrogens is 268 g/mol. The first-order valence-corrected chi connectivity index (χ1v) is 6.42. The van der Waals surface area contributed by atoms with Crippen molar-refractivity contribution in [2.45, 2.75) is 6.42 Å². The number of nitrogens with zero attached hydrogens (tertiary/aromatic N) is 2. The second-order valence-electron chi connectivity index (χ2n) is 3.92. The highest BCUT2D eigenvalue weighted by atomic mass is 35.5. The minimum absolute atomic E-state index is 0.125. The summed E-state index contributed by atoms with van der Waals surface area (Å²) < 4.78 is 10.9. The molecule has 5 nitrogen and oxygen atoms in total. The molecule has 0 bridgehead atoms. The summed E-state index contributed by atoms with van der Waals surface area (Å²) in [4.78, 5) is 13.3. The number of anilines is 1. The molecule has 0 atom stereocenters. The van der Waals surface area contributed by atoms with E-state index in [0.29, 0.717) is 36.9 Å². The molecule has 0 aromatic heterocycles. The molecule has 1 aliphatic heterocycles. The van der Waals surface area contributed by atoms with Crippen molar-refractivity contribution >= 4 is 23.2 Å². The van der Waals surface area contributed by atoms with Crippen LogP contribution in [0.1, 0.15) is 6.42 Å². The number of fused-ring (bicyclic) bond motifs is 1. The summed E-state index contributed by atoms with van der Waals surface area (Å²) in [5.74, 6) is 0.898. The third kappa shape index (κ3) is 3.09. The van der Waals surface area contributed by atoms with Gasteiger partial charge in [-0.15, -0.1) is 11.6 Å². The number of amides is 1. The van der Waals surface area contributed by atoms with Gasteiger partial charge in [-0.2, -0.15) is 5.26 Å². The smallest absolute Gasteiger partial charge is 0.241 e. The Hall–Kier alpha value is -1.93. The van der Waals surface area contributed by atoms with Gasteiger partial charge in [0.05, 0.1) is 12.5 Å². The first-order chi connectivity index (χ1) is 9.26. The average molecular weight is 281 g/mol.